The summed E-state index contributed by atoms with van der Waals surface area (Å²) in [5, 5.41) is 4.35. The van der Waals surface area contributed by atoms with Crippen LogP contribution in [-0.4, -0.2) is 11.6 Å². The van der Waals surface area contributed by atoms with E-state index in [4.69, 9.17) is 0 Å². The summed E-state index contributed by atoms with van der Waals surface area (Å²) in [6.45, 7) is 0. The second kappa shape index (κ2) is 9.10. The van der Waals surface area contributed by atoms with Crippen molar-refractivity contribution in [3.63, 3.8) is 0 Å². The Morgan fingerprint density at radius 1 is 0.846 bits per heavy atom. The molecule has 128 valence electrons. The summed E-state index contributed by atoms with van der Waals surface area (Å²) in [7, 11) is 0. The molecule has 0 aliphatic carbocycles. The highest BCUT2D eigenvalue weighted by atomic mass is 127. The van der Waals surface area contributed by atoms with Gasteiger partial charge in [0.05, 0.1) is 11.3 Å². The van der Waals surface area contributed by atoms with Gasteiger partial charge in [-0.05, 0) is 46.4 Å². The van der Waals surface area contributed by atoms with Gasteiger partial charge in [-0.3, -0.25) is 4.79 Å². The smallest absolute Gasteiger partial charge is 0.267 e. The van der Waals surface area contributed by atoms with Gasteiger partial charge in [0, 0.05) is 9.13 Å². The molecule has 0 heterocycles. The summed E-state index contributed by atoms with van der Waals surface area (Å²) < 4.78 is 0.888. The van der Waals surface area contributed by atoms with Crippen LogP contribution in [0.3, 0.4) is 0 Å². The maximum Gasteiger partial charge on any atom is 0.272 e. The van der Waals surface area contributed by atoms with Crippen LogP contribution >= 0.6 is 22.6 Å². The fourth-order valence-electron chi connectivity index (χ4n) is 2.36. The lowest BCUT2D eigenvalue weighted by atomic mass is 10.1. The maximum absolute atomic E-state index is 12.4. The fourth-order valence-corrected chi connectivity index (χ4v) is 3.00. The Bertz CT molecular complexity index is 935. The van der Waals surface area contributed by atoms with E-state index in [-0.39, 0.29) is 5.91 Å². The van der Waals surface area contributed by atoms with Crippen molar-refractivity contribution >= 4 is 40.3 Å². The van der Waals surface area contributed by atoms with Gasteiger partial charge in [-0.15, -0.1) is 0 Å². The van der Waals surface area contributed by atoms with Crippen LogP contribution in [0.5, 0.6) is 0 Å². The monoisotopic (exact) mass is 452 g/mol. The van der Waals surface area contributed by atoms with Crippen LogP contribution in [0, 0.1) is 3.57 Å². The molecule has 0 atom stereocenters. The number of hydrogen-bond donors (Lipinski definition) is 1. The van der Waals surface area contributed by atoms with Crippen LogP contribution in [-0.2, 0) is 0 Å². The van der Waals surface area contributed by atoms with E-state index in [0.29, 0.717) is 11.3 Å². The molecule has 0 aliphatic heterocycles. The average molecular weight is 452 g/mol. The minimum Gasteiger partial charge on any atom is -0.267 e. The predicted octanol–water partition coefficient (Wildman–Crippen LogP) is 5.14. The Morgan fingerprint density at radius 3 is 2.15 bits per heavy atom. The molecule has 4 heteroatoms. The lowest BCUT2D eigenvalue weighted by Crippen LogP contribution is -2.20. The van der Waals surface area contributed by atoms with Crippen molar-refractivity contribution in [1.82, 2.24) is 5.43 Å². The maximum atomic E-state index is 12.4. The molecule has 0 aromatic heterocycles. The molecule has 0 saturated heterocycles. The molecule has 1 N–H and O–H groups in total. The lowest BCUT2D eigenvalue weighted by Gasteiger charge is -2.05. The third-order valence-electron chi connectivity index (χ3n) is 3.70. The third kappa shape index (κ3) is 4.89. The van der Waals surface area contributed by atoms with Gasteiger partial charge in [0.1, 0.15) is 0 Å². The number of amides is 1. The number of rotatable bonds is 5. The Kier molecular flexibility index (Phi) is 6.33. The molecule has 0 fully saturated rings. The van der Waals surface area contributed by atoms with Gasteiger partial charge in [-0.1, -0.05) is 78.9 Å². The minimum atomic E-state index is -0.225. The number of nitrogens with one attached hydrogen (secondary N) is 1. The highest BCUT2D eigenvalue weighted by Gasteiger charge is 2.08. The number of carbonyl (C=O) groups is 1. The molecule has 1 amide bonds. The Morgan fingerprint density at radius 2 is 1.46 bits per heavy atom. The van der Waals surface area contributed by atoms with E-state index in [1.165, 1.54) is 0 Å². The van der Waals surface area contributed by atoms with E-state index in [0.717, 1.165) is 14.7 Å². The van der Waals surface area contributed by atoms with Crippen LogP contribution in [0.25, 0.3) is 6.08 Å². The minimum absolute atomic E-state index is 0.225. The highest BCUT2D eigenvalue weighted by Crippen LogP contribution is 2.11. The van der Waals surface area contributed by atoms with Crippen molar-refractivity contribution in [3.8, 4) is 0 Å². The summed E-state index contributed by atoms with van der Waals surface area (Å²) in [5.41, 5.74) is 5.97. The van der Waals surface area contributed by atoms with E-state index in [9.17, 15) is 4.79 Å². The fraction of sp³-hybridized carbons (Fsp3) is 0. The molecule has 3 aromatic rings. The Hall–Kier alpha value is -2.73. The molecule has 0 unspecified atom stereocenters. The van der Waals surface area contributed by atoms with Crippen molar-refractivity contribution in [1.29, 1.82) is 0 Å². The van der Waals surface area contributed by atoms with E-state index in [1.807, 2.05) is 91.0 Å². The molecular formula is C22H17IN2O. The van der Waals surface area contributed by atoms with Crippen LogP contribution in [0.4, 0.5) is 0 Å². The van der Waals surface area contributed by atoms with E-state index >= 15 is 0 Å². The van der Waals surface area contributed by atoms with Gasteiger partial charge in [0.2, 0.25) is 0 Å². The predicted molar refractivity (Wildman–Crippen MR) is 115 cm³/mol. The van der Waals surface area contributed by atoms with Gasteiger partial charge in [-0.25, -0.2) is 5.43 Å². The van der Waals surface area contributed by atoms with Crippen molar-refractivity contribution < 1.29 is 4.79 Å². The van der Waals surface area contributed by atoms with Crippen molar-refractivity contribution in [3.05, 3.63) is 111 Å². The molecule has 3 nitrogen and oxygen atoms in total. The molecule has 3 rings (SSSR count). The number of carbonyl (C=O) groups excluding carboxylic acids is 1. The molecule has 0 radical (unpaired) electrons. The van der Waals surface area contributed by atoms with Crippen molar-refractivity contribution in [2.45, 2.75) is 0 Å². The Balaban J connectivity index is 1.86. The first-order chi connectivity index (χ1) is 12.7. The van der Waals surface area contributed by atoms with Crippen molar-refractivity contribution in [2.24, 2.45) is 5.10 Å². The molecule has 26 heavy (non-hydrogen) atoms. The van der Waals surface area contributed by atoms with E-state index in [2.05, 4.69) is 33.1 Å². The second-order valence-electron chi connectivity index (χ2n) is 5.53. The largest absolute Gasteiger partial charge is 0.272 e. The zero-order chi connectivity index (χ0) is 18.2. The number of nitrogens with zero attached hydrogens (tertiary/aromatic N) is 1. The van der Waals surface area contributed by atoms with Gasteiger partial charge in [0.15, 0.2) is 0 Å². The summed E-state index contributed by atoms with van der Waals surface area (Å²) in [6.07, 6.45) is 3.88. The van der Waals surface area contributed by atoms with Crippen LogP contribution in [0.15, 0.2) is 96.1 Å². The molecule has 3 aromatic carbocycles. The van der Waals surface area contributed by atoms with Crippen LogP contribution < -0.4 is 5.43 Å². The van der Waals surface area contributed by atoms with Gasteiger partial charge in [0.25, 0.3) is 5.91 Å². The first kappa shape index (κ1) is 18.1. The first-order valence-electron chi connectivity index (χ1n) is 8.15. The molecule has 0 spiro atoms. The van der Waals surface area contributed by atoms with E-state index < -0.39 is 0 Å². The standard InChI is InChI=1S/C22H17IN2O/c23-20-14-8-7-13-19(20)22(26)25-24-21(18-11-5-2-6-12-18)16-15-17-9-3-1-4-10-17/h1-16H,(H,25,26). The van der Waals surface area contributed by atoms with Gasteiger partial charge >= 0.3 is 0 Å². The number of allylic oxidation sites excluding steroid dienone is 1. The summed E-state index contributed by atoms with van der Waals surface area (Å²) in [5.74, 6) is -0.225. The molecule has 0 bridgehead atoms. The number of hydrazone groups is 1. The number of benzene rings is 3. The zero-order valence-corrected chi connectivity index (χ0v) is 16.1. The third-order valence-corrected chi connectivity index (χ3v) is 4.64. The first-order valence-corrected chi connectivity index (χ1v) is 9.23. The molecule has 0 aliphatic rings. The summed E-state index contributed by atoms with van der Waals surface area (Å²) in [4.78, 5) is 12.4. The number of halogens is 1. The Labute approximate surface area is 166 Å². The molecular weight excluding hydrogens is 435 g/mol. The quantitative estimate of drug-likeness (QED) is 0.325. The average Bonchev–Trinajstić information content (AvgIpc) is 2.69. The van der Waals surface area contributed by atoms with E-state index in [1.54, 1.807) is 6.07 Å². The number of hydrogen-bond acceptors (Lipinski definition) is 2. The van der Waals surface area contributed by atoms with Crippen LogP contribution in [0.1, 0.15) is 21.5 Å². The second-order valence-corrected chi connectivity index (χ2v) is 6.69. The van der Waals surface area contributed by atoms with Gasteiger partial charge in [-0.2, -0.15) is 5.10 Å². The van der Waals surface area contributed by atoms with Crippen LogP contribution in [0.2, 0.25) is 0 Å². The normalized spacial score (nSPS) is 11.5. The topological polar surface area (TPSA) is 41.5 Å². The zero-order valence-electron chi connectivity index (χ0n) is 14.0. The summed E-state index contributed by atoms with van der Waals surface area (Å²) >= 11 is 2.15. The van der Waals surface area contributed by atoms with Crippen molar-refractivity contribution in [2.75, 3.05) is 0 Å². The van der Waals surface area contributed by atoms with Gasteiger partial charge < -0.3 is 0 Å². The summed E-state index contributed by atoms with van der Waals surface area (Å²) in [6, 6.07) is 27.2. The highest BCUT2D eigenvalue weighted by molar-refractivity contribution is 14.1. The lowest BCUT2D eigenvalue weighted by molar-refractivity contribution is 0.0954. The molecule has 0 saturated carbocycles. The SMILES string of the molecule is O=C(NN=C(C=Cc1ccccc1)c1ccccc1)c1ccccc1I.